The van der Waals surface area contributed by atoms with E-state index in [2.05, 4.69) is 41.5 Å². The van der Waals surface area contributed by atoms with Crippen LogP contribution < -0.4 is 0 Å². The largest absolute Gasteiger partial charge is 0.394 e. The van der Waals surface area contributed by atoms with Crippen molar-refractivity contribution in [2.45, 2.75) is 198 Å². The third-order valence-corrected chi connectivity index (χ3v) is 17.2. The van der Waals surface area contributed by atoms with Gasteiger partial charge in [-0.3, -0.25) is 0 Å². The van der Waals surface area contributed by atoms with Crippen LogP contribution in [0.3, 0.4) is 0 Å². The number of aliphatic hydroxyl groups excluding tert-OH is 9. The molecular weight excluding hydrogens is 716 g/mol. The summed E-state index contributed by atoms with van der Waals surface area (Å²) in [5, 5.41) is 96.7. The molecule has 0 amide bonds. The Morgan fingerprint density at radius 3 is 1.98 bits per heavy atom. The standard InChI is InChI=1S/C41H70O14/c1-36(2)24-10-14-39(6)25(15-20(43)27-19(9-13-40(27,39)7)41(8)16-21(44)33(50)37(3,4)55-41)38(24,5)12-11-26(36)53-35-32(28(46)22(45)18-51-35)54-34-31(49)30(48)29(47)23(17-42)52-34/h19-35,42-50H,9-18H2,1-8H3/t19-,20+,21-,22+,23+,24?,25+,26-,27-,28-,29+,30-,31+,32+,33+,34-,35-,38-,39+,40+,41-/m0/s1. The first kappa shape index (κ1) is 42.6. The van der Waals surface area contributed by atoms with Crippen LogP contribution in [0.4, 0.5) is 0 Å². The van der Waals surface area contributed by atoms with Gasteiger partial charge in [0.05, 0.1) is 42.7 Å². The van der Waals surface area contributed by atoms with Gasteiger partial charge in [0.1, 0.15) is 48.8 Å². The van der Waals surface area contributed by atoms with Crippen LogP contribution in [0.25, 0.3) is 0 Å². The van der Waals surface area contributed by atoms with Crippen LogP contribution in [0.1, 0.15) is 107 Å². The van der Waals surface area contributed by atoms with E-state index in [1.807, 2.05) is 13.8 Å². The third-order valence-electron chi connectivity index (χ3n) is 17.2. The van der Waals surface area contributed by atoms with Gasteiger partial charge in [-0.1, -0.05) is 34.6 Å². The fourth-order valence-corrected chi connectivity index (χ4v) is 14.1. The number of ether oxygens (including phenoxy) is 5. The highest BCUT2D eigenvalue weighted by Gasteiger charge is 2.72. The van der Waals surface area contributed by atoms with Crippen molar-refractivity contribution >= 4 is 0 Å². The molecule has 3 saturated heterocycles. The zero-order valence-corrected chi connectivity index (χ0v) is 34.0. The molecule has 14 heteroatoms. The summed E-state index contributed by atoms with van der Waals surface area (Å²) in [5.41, 5.74) is -2.38. The SMILES string of the molecule is CC1(C)O[C@](C)([C@H]2CC[C@]3(C)[C@@H]2[C@H](O)C[C@@H]2[C@@]4(C)CC[C@H](O[C@@H]5OC[C@@H](O)[C@H](O)[C@H]5O[C@@H]5O[C@H](CO)[C@@H](O)[C@H](O)[C@H]5O)C(C)(C)C4CC[C@]23C)C[C@H](O)[C@H]1O. The molecule has 1 unspecified atom stereocenters. The van der Waals surface area contributed by atoms with Crippen LogP contribution in [-0.2, 0) is 23.7 Å². The minimum atomic E-state index is -1.71. The molecular formula is C41H70O14. The lowest BCUT2D eigenvalue weighted by atomic mass is 9.35. The average Bonchev–Trinajstić information content (AvgIpc) is 3.49. The van der Waals surface area contributed by atoms with Crippen LogP contribution in [0.2, 0.25) is 0 Å². The maximum atomic E-state index is 12.3. The van der Waals surface area contributed by atoms with E-state index in [-0.39, 0.29) is 58.0 Å². The highest BCUT2D eigenvalue weighted by Crippen LogP contribution is 2.76. The molecule has 4 saturated carbocycles. The molecule has 9 N–H and O–H groups in total. The van der Waals surface area contributed by atoms with E-state index in [1.54, 1.807) is 0 Å². The topological polar surface area (TPSA) is 228 Å². The Morgan fingerprint density at radius 1 is 0.655 bits per heavy atom. The van der Waals surface area contributed by atoms with Gasteiger partial charge in [0.15, 0.2) is 12.6 Å². The van der Waals surface area contributed by atoms with Crippen molar-refractivity contribution in [3.63, 3.8) is 0 Å². The van der Waals surface area contributed by atoms with Gasteiger partial charge in [0, 0.05) is 6.42 Å². The monoisotopic (exact) mass is 786 g/mol. The van der Waals surface area contributed by atoms with E-state index in [9.17, 15) is 46.0 Å². The highest BCUT2D eigenvalue weighted by atomic mass is 16.8. The molecule has 318 valence electrons. The Bertz CT molecular complexity index is 1400. The van der Waals surface area contributed by atoms with Crippen LogP contribution >= 0.6 is 0 Å². The summed E-state index contributed by atoms with van der Waals surface area (Å²) in [6, 6.07) is 0. The average molecular weight is 787 g/mol. The van der Waals surface area contributed by atoms with Gasteiger partial charge in [0.25, 0.3) is 0 Å². The maximum Gasteiger partial charge on any atom is 0.187 e. The molecule has 0 spiro atoms. The number of hydrogen-bond acceptors (Lipinski definition) is 14. The summed E-state index contributed by atoms with van der Waals surface area (Å²) in [6.07, 6.45) is -9.58. The molecule has 0 aromatic rings. The van der Waals surface area contributed by atoms with Crippen molar-refractivity contribution in [1.29, 1.82) is 0 Å². The van der Waals surface area contributed by atoms with E-state index >= 15 is 0 Å². The number of hydrogen-bond donors (Lipinski definition) is 9. The first-order chi connectivity index (χ1) is 25.5. The second-order valence-corrected chi connectivity index (χ2v) is 20.7. The second-order valence-electron chi connectivity index (χ2n) is 20.7. The smallest absolute Gasteiger partial charge is 0.187 e. The summed E-state index contributed by atoms with van der Waals surface area (Å²) in [6.45, 7) is 16.5. The van der Waals surface area contributed by atoms with E-state index in [1.165, 1.54) is 0 Å². The van der Waals surface area contributed by atoms with Gasteiger partial charge >= 0.3 is 0 Å². The fourth-order valence-electron chi connectivity index (χ4n) is 14.1. The molecule has 0 aromatic heterocycles. The molecule has 21 atom stereocenters. The van der Waals surface area contributed by atoms with Crippen molar-refractivity contribution in [1.82, 2.24) is 0 Å². The van der Waals surface area contributed by atoms with E-state index in [4.69, 9.17) is 23.7 Å². The lowest BCUT2D eigenvalue weighted by molar-refractivity contribution is -0.367. The van der Waals surface area contributed by atoms with Crippen molar-refractivity contribution in [2.24, 2.45) is 45.3 Å². The predicted octanol–water partition coefficient (Wildman–Crippen LogP) is 0.970. The number of aliphatic hydroxyl groups is 9. The highest BCUT2D eigenvalue weighted by molar-refractivity contribution is 5.21. The Morgan fingerprint density at radius 2 is 1.33 bits per heavy atom. The molecule has 7 rings (SSSR count). The van der Waals surface area contributed by atoms with E-state index in [0.29, 0.717) is 19.3 Å². The Balaban J connectivity index is 1.10. The molecule has 0 bridgehead atoms. The van der Waals surface area contributed by atoms with Gasteiger partial charge in [0.2, 0.25) is 0 Å². The maximum absolute atomic E-state index is 12.3. The Kier molecular flexibility index (Phi) is 11.1. The third kappa shape index (κ3) is 6.42. The van der Waals surface area contributed by atoms with Crippen molar-refractivity contribution in [2.75, 3.05) is 13.2 Å². The van der Waals surface area contributed by atoms with Crippen molar-refractivity contribution < 1.29 is 69.6 Å². The minimum absolute atomic E-state index is 0.0179. The zero-order valence-electron chi connectivity index (χ0n) is 34.0. The summed E-state index contributed by atoms with van der Waals surface area (Å²) >= 11 is 0. The van der Waals surface area contributed by atoms with Gasteiger partial charge in [-0.25, -0.2) is 0 Å². The molecule has 7 aliphatic rings. The van der Waals surface area contributed by atoms with Crippen molar-refractivity contribution in [3.8, 4) is 0 Å². The molecule has 0 radical (unpaired) electrons. The first-order valence-electron chi connectivity index (χ1n) is 20.8. The van der Waals surface area contributed by atoms with Crippen LogP contribution in [0, 0.1) is 45.3 Å². The fraction of sp³-hybridized carbons (Fsp3) is 1.00. The van der Waals surface area contributed by atoms with Crippen LogP contribution in [0.15, 0.2) is 0 Å². The lowest BCUT2D eigenvalue weighted by Gasteiger charge is -2.71. The van der Waals surface area contributed by atoms with Gasteiger partial charge in [-0.05, 0) is 111 Å². The number of fused-ring (bicyclic) bond motifs is 5. The molecule has 7 fully saturated rings. The normalized spacial score (nSPS) is 57.7. The Labute approximate surface area is 325 Å². The molecule has 3 aliphatic heterocycles. The summed E-state index contributed by atoms with van der Waals surface area (Å²) in [5.74, 6) is 0.445. The molecule has 55 heavy (non-hydrogen) atoms. The number of rotatable bonds is 6. The molecule has 0 aromatic carbocycles. The summed E-state index contributed by atoms with van der Waals surface area (Å²) < 4.78 is 30.9. The van der Waals surface area contributed by atoms with Gasteiger partial charge in [-0.2, -0.15) is 0 Å². The molecule has 14 nitrogen and oxygen atoms in total. The summed E-state index contributed by atoms with van der Waals surface area (Å²) in [4.78, 5) is 0. The van der Waals surface area contributed by atoms with Crippen LogP contribution in [0.5, 0.6) is 0 Å². The summed E-state index contributed by atoms with van der Waals surface area (Å²) in [7, 11) is 0. The Hall–Kier alpha value is -0.560. The molecule has 3 heterocycles. The van der Waals surface area contributed by atoms with Crippen LogP contribution in [-0.4, -0.2) is 150 Å². The molecule has 4 aliphatic carbocycles. The second kappa shape index (κ2) is 14.3. The van der Waals surface area contributed by atoms with E-state index < -0.39 is 91.4 Å². The van der Waals surface area contributed by atoms with Gasteiger partial charge in [-0.15, -0.1) is 0 Å². The van der Waals surface area contributed by atoms with Gasteiger partial charge < -0.3 is 69.6 Å². The predicted molar refractivity (Wildman–Crippen MR) is 196 cm³/mol. The van der Waals surface area contributed by atoms with Crippen molar-refractivity contribution in [3.05, 3.63) is 0 Å². The lowest BCUT2D eigenvalue weighted by Crippen LogP contribution is -2.68. The first-order valence-corrected chi connectivity index (χ1v) is 20.8. The zero-order chi connectivity index (χ0) is 40.4. The quantitative estimate of drug-likeness (QED) is 0.171. The van der Waals surface area contributed by atoms with E-state index in [0.717, 1.165) is 32.1 Å². The minimum Gasteiger partial charge on any atom is -0.394 e.